The molecule has 0 aliphatic heterocycles. The lowest BCUT2D eigenvalue weighted by molar-refractivity contribution is -0.122. The second-order valence-electron chi connectivity index (χ2n) is 5.91. The molecule has 0 radical (unpaired) electrons. The van der Waals surface area contributed by atoms with E-state index >= 15 is 0 Å². The van der Waals surface area contributed by atoms with E-state index in [2.05, 4.69) is 35.5 Å². The van der Waals surface area contributed by atoms with Crippen LogP contribution in [-0.4, -0.2) is 12.5 Å². The molecule has 0 bridgehead atoms. The van der Waals surface area contributed by atoms with E-state index in [4.69, 9.17) is 6.42 Å². The van der Waals surface area contributed by atoms with E-state index in [1.54, 1.807) is 0 Å². The van der Waals surface area contributed by atoms with Gasteiger partial charge in [0.05, 0.1) is 0 Å². The highest BCUT2D eigenvalue weighted by atomic mass is 16.2. The van der Waals surface area contributed by atoms with Gasteiger partial charge in [0.2, 0.25) is 5.91 Å². The summed E-state index contributed by atoms with van der Waals surface area (Å²) >= 11 is 0. The predicted octanol–water partition coefficient (Wildman–Crippen LogP) is 2.88. The highest BCUT2D eigenvalue weighted by Crippen LogP contribution is 2.59. The molecule has 3 rings (SSSR count). The van der Waals surface area contributed by atoms with Gasteiger partial charge in [-0.1, -0.05) is 24.3 Å². The first-order chi connectivity index (χ1) is 9.83. The first-order valence-corrected chi connectivity index (χ1v) is 7.62. The van der Waals surface area contributed by atoms with Gasteiger partial charge in [0.1, 0.15) is 0 Å². The van der Waals surface area contributed by atoms with Crippen LogP contribution in [0.15, 0.2) is 24.3 Å². The van der Waals surface area contributed by atoms with Crippen molar-refractivity contribution in [2.24, 2.45) is 11.8 Å². The maximum atomic E-state index is 12.3. The summed E-state index contributed by atoms with van der Waals surface area (Å²) in [6, 6.07) is 8.60. The number of nitrogens with one attached hydrogen (secondary N) is 1. The summed E-state index contributed by atoms with van der Waals surface area (Å²) in [5.41, 5.74) is 2.86. The Labute approximate surface area is 121 Å². The molecule has 2 aliphatic carbocycles. The number of hydrogen-bond donors (Lipinski definition) is 1. The van der Waals surface area contributed by atoms with E-state index < -0.39 is 0 Å². The van der Waals surface area contributed by atoms with Crippen molar-refractivity contribution < 1.29 is 4.79 Å². The summed E-state index contributed by atoms with van der Waals surface area (Å²) in [6.07, 6.45) is 10.3. The first kappa shape index (κ1) is 13.2. The monoisotopic (exact) mass is 267 g/mol. The molecule has 0 aromatic heterocycles. The fourth-order valence-corrected chi connectivity index (χ4v) is 3.61. The SMILES string of the molecule is C#CCCCCNC(=O)C1C2CCc3ccccc3C21. The lowest BCUT2D eigenvalue weighted by Gasteiger charge is -2.13. The quantitative estimate of drug-likeness (QED) is 0.645. The zero-order chi connectivity index (χ0) is 13.9. The van der Waals surface area contributed by atoms with Crippen molar-refractivity contribution in [3.05, 3.63) is 35.4 Å². The molecule has 1 amide bonds. The molecule has 0 spiro atoms. The van der Waals surface area contributed by atoms with Crippen molar-refractivity contribution in [3.8, 4) is 12.3 Å². The molecule has 0 heterocycles. The predicted molar refractivity (Wildman–Crippen MR) is 80.2 cm³/mol. The number of amides is 1. The van der Waals surface area contributed by atoms with Crippen LogP contribution in [-0.2, 0) is 11.2 Å². The van der Waals surface area contributed by atoms with Gasteiger partial charge in [0.15, 0.2) is 0 Å². The molecular weight excluding hydrogens is 246 g/mol. The Morgan fingerprint density at radius 1 is 1.35 bits per heavy atom. The van der Waals surface area contributed by atoms with Crippen molar-refractivity contribution >= 4 is 5.91 Å². The van der Waals surface area contributed by atoms with Gasteiger partial charge < -0.3 is 5.32 Å². The van der Waals surface area contributed by atoms with Crippen molar-refractivity contribution in [2.45, 2.75) is 38.0 Å². The van der Waals surface area contributed by atoms with Crippen molar-refractivity contribution in [1.82, 2.24) is 5.32 Å². The Balaban J connectivity index is 1.54. The summed E-state index contributed by atoms with van der Waals surface area (Å²) in [7, 11) is 0. The molecule has 2 nitrogen and oxygen atoms in total. The van der Waals surface area contributed by atoms with Crippen LogP contribution in [0.5, 0.6) is 0 Å². The molecule has 20 heavy (non-hydrogen) atoms. The van der Waals surface area contributed by atoms with Crippen molar-refractivity contribution in [1.29, 1.82) is 0 Å². The number of fused-ring (bicyclic) bond motifs is 3. The van der Waals surface area contributed by atoms with Gasteiger partial charge in [-0.2, -0.15) is 0 Å². The van der Waals surface area contributed by atoms with Crippen LogP contribution in [0.25, 0.3) is 0 Å². The van der Waals surface area contributed by atoms with Crippen LogP contribution < -0.4 is 5.32 Å². The van der Waals surface area contributed by atoms with Gasteiger partial charge in [-0.15, -0.1) is 12.3 Å². The Morgan fingerprint density at radius 2 is 2.20 bits per heavy atom. The molecule has 3 unspecified atom stereocenters. The summed E-state index contributed by atoms with van der Waals surface area (Å²) in [6.45, 7) is 0.762. The number of hydrogen-bond acceptors (Lipinski definition) is 1. The van der Waals surface area contributed by atoms with Crippen LogP contribution in [0, 0.1) is 24.2 Å². The van der Waals surface area contributed by atoms with Crippen LogP contribution in [0.3, 0.4) is 0 Å². The van der Waals surface area contributed by atoms with E-state index in [9.17, 15) is 4.79 Å². The number of carbonyl (C=O) groups excluding carboxylic acids is 1. The number of rotatable bonds is 5. The molecule has 3 atom stereocenters. The van der Waals surface area contributed by atoms with Gasteiger partial charge in [0.25, 0.3) is 0 Å². The van der Waals surface area contributed by atoms with Crippen molar-refractivity contribution in [2.75, 3.05) is 6.54 Å². The standard InChI is InChI=1S/C18H21NO/c1-2-3-4-7-12-19-18(20)17-15-11-10-13-8-5-6-9-14(13)16(15)17/h1,5-6,8-9,15-17H,3-4,7,10-12H2,(H,19,20). The van der Waals surface area contributed by atoms with E-state index in [0.29, 0.717) is 11.8 Å². The topological polar surface area (TPSA) is 29.1 Å². The molecule has 0 saturated heterocycles. The summed E-state index contributed by atoms with van der Waals surface area (Å²) in [5, 5.41) is 3.08. The third-order valence-electron chi connectivity index (χ3n) is 4.68. The maximum absolute atomic E-state index is 12.3. The Kier molecular flexibility index (Phi) is 3.78. The molecular formula is C18H21NO. The molecule has 1 fully saturated rings. The highest BCUT2D eigenvalue weighted by molar-refractivity contribution is 5.84. The number of aryl methyl sites for hydroxylation is 1. The number of unbranched alkanes of at least 4 members (excludes halogenated alkanes) is 2. The van der Waals surface area contributed by atoms with Gasteiger partial charge in [-0.3, -0.25) is 4.79 Å². The van der Waals surface area contributed by atoms with E-state index in [-0.39, 0.29) is 11.8 Å². The molecule has 1 aromatic carbocycles. The van der Waals surface area contributed by atoms with Gasteiger partial charge in [-0.05, 0) is 48.6 Å². The van der Waals surface area contributed by atoms with Crippen LogP contribution in [0.4, 0.5) is 0 Å². The maximum Gasteiger partial charge on any atom is 0.224 e. The normalized spacial score (nSPS) is 26.1. The van der Waals surface area contributed by atoms with Crippen LogP contribution >= 0.6 is 0 Å². The number of terminal acetylenes is 1. The van der Waals surface area contributed by atoms with Gasteiger partial charge >= 0.3 is 0 Å². The summed E-state index contributed by atoms with van der Waals surface area (Å²) in [5.74, 6) is 4.15. The van der Waals surface area contributed by atoms with Gasteiger partial charge in [0, 0.05) is 18.9 Å². The molecule has 1 aromatic rings. The number of carbonyl (C=O) groups is 1. The largest absolute Gasteiger partial charge is 0.356 e. The lowest BCUT2D eigenvalue weighted by Crippen LogP contribution is -2.26. The second kappa shape index (κ2) is 5.71. The Morgan fingerprint density at radius 3 is 3.05 bits per heavy atom. The molecule has 2 aliphatic rings. The molecule has 1 N–H and O–H groups in total. The second-order valence-corrected chi connectivity index (χ2v) is 5.91. The van der Waals surface area contributed by atoms with E-state index in [1.807, 2.05) is 0 Å². The third kappa shape index (κ3) is 2.45. The molecule has 104 valence electrons. The fourth-order valence-electron chi connectivity index (χ4n) is 3.61. The highest BCUT2D eigenvalue weighted by Gasteiger charge is 2.56. The fraction of sp³-hybridized carbons (Fsp3) is 0.500. The van der Waals surface area contributed by atoms with Crippen LogP contribution in [0.2, 0.25) is 0 Å². The zero-order valence-corrected chi connectivity index (χ0v) is 11.8. The average molecular weight is 267 g/mol. The number of benzene rings is 1. The first-order valence-electron chi connectivity index (χ1n) is 7.62. The van der Waals surface area contributed by atoms with Gasteiger partial charge in [-0.25, -0.2) is 0 Å². The minimum atomic E-state index is 0.214. The minimum Gasteiger partial charge on any atom is -0.356 e. The summed E-state index contributed by atoms with van der Waals surface area (Å²) in [4.78, 5) is 12.3. The average Bonchev–Trinajstić information content (AvgIpc) is 3.22. The van der Waals surface area contributed by atoms with Crippen LogP contribution in [0.1, 0.15) is 42.7 Å². The minimum absolute atomic E-state index is 0.214. The lowest BCUT2D eigenvalue weighted by atomic mass is 9.92. The van der Waals surface area contributed by atoms with Crippen molar-refractivity contribution in [3.63, 3.8) is 0 Å². The molecule has 2 heteroatoms. The van der Waals surface area contributed by atoms with E-state index in [1.165, 1.54) is 11.1 Å². The summed E-state index contributed by atoms with van der Waals surface area (Å²) < 4.78 is 0. The Hall–Kier alpha value is -1.75. The third-order valence-corrected chi connectivity index (χ3v) is 4.68. The Bertz CT molecular complexity index is 543. The smallest absolute Gasteiger partial charge is 0.224 e. The zero-order valence-electron chi connectivity index (χ0n) is 11.8. The van der Waals surface area contributed by atoms with E-state index in [0.717, 1.165) is 38.6 Å². The molecule has 1 saturated carbocycles.